The Labute approximate surface area is 119 Å². The number of ether oxygens (including phenoxy) is 1. The lowest BCUT2D eigenvalue weighted by molar-refractivity contribution is 0.112. The molecule has 0 spiro atoms. The third kappa shape index (κ3) is 2.16. The lowest BCUT2D eigenvalue weighted by atomic mass is 10.1. The summed E-state index contributed by atoms with van der Waals surface area (Å²) < 4.78 is 32.0. The summed E-state index contributed by atoms with van der Waals surface area (Å²) in [5.41, 5.74) is 1.86. The zero-order valence-electron chi connectivity index (χ0n) is 11.1. The average molecular weight is 287 g/mol. The topological polar surface area (TPSA) is 42.1 Å². The fourth-order valence-corrected chi connectivity index (χ4v) is 2.36. The van der Waals surface area contributed by atoms with Crippen LogP contribution in [0, 0.1) is 11.6 Å². The highest BCUT2D eigenvalue weighted by Gasteiger charge is 2.15. The Balaban J connectivity index is 2.24. The first-order valence-corrected chi connectivity index (χ1v) is 6.24. The molecule has 0 unspecified atom stereocenters. The van der Waals surface area contributed by atoms with Crippen LogP contribution in [-0.2, 0) is 0 Å². The number of H-pyrrole nitrogens is 1. The van der Waals surface area contributed by atoms with Gasteiger partial charge in [0.05, 0.1) is 12.8 Å². The quantitative estimate of drug-likeness (QED) is 0.741. The van der Waals surface area contributed by atoms with Crippen LogP contribution < -0.4 is 4.74 Å². The highest BCUT2D eigenvalue weighted by Crippen LogP contribution is 2.31. The summed E-state index contributed by atoms with van der Waals surface area (Å²) in [6.07, 6.45) is 0.635. The Morgan fingerprint density at radius 3 is 2.62 bits per heavy atom. The summed E-state index contributed by atoms with van der Waals surface area (Å²) in [6.45, 7) is 0. The number of aromatic amines is 1. The van der Waals surface area contributed by atoms with Crippen molar-refractivity contribution in [2.24, 2.45) is 0 Å². The highest BCUT2D eigenvalue weighted by molar-refractivity contribution is 6.04. The van der Waals surface area contributed by atoms with Gasteiger partial charge in [-0.1, -0.05) is 0 Å². The SMILES string of the molecule is COc1ccc(-c2[nH]c3ccc(F)cc3c2C=O)cc1F. The van der Waals surface area contributed by atoms with Gasteiger partial charge < -0.3 is 9.72 Å². The monoisotopic (exact) mass is 287 g/mol. The number of fused-ring (bicyclic) bond motifs is 1. The molecule has 2 aromatic carbocycles. The number of carbonyl (C=O) groups is 1. The maximum absolute atomic E-state index is 13.8. The summed E-state index contributed by atoms with van der Waals surface area (Å²) >= 11 is 0. The maximum Gasteiger partial charge on any atom is 0.165 e. The molecule has 1 N–H and O–H groups in total. The Morgan fingerprint density at radius 1 is 1.14 bits per heavy atom. The molecule has 0 fully saturated rings. The summed E-state index contributed by atoms with van der Waals surface area (Å²) in [5, 5.41) is 0.469. The Bertz CT molecular complexity index is 840. The largest absolute Gasteiger partial charge is 0.494 e. The standard InChI is InChI=1S/C16H11F2NO2/c1-21-15-5-2-9(6-13(15)18)16-12(8-20)11-7-10(17)3-4-14(11)19-16/h2-8,19H,1H3. The second kappa shape index (κ2) is 5.01. The summed E-state index contributed by atoms with van der Waals surface area (Å²) in [4.78, 5) is 14.4. The van der Waals surface area contributed by atoms with E-state index >= 15 is 0 Å². The fraction of sp³-hybridized carbons (Fsp3) is 0.0625. The molecule has 3 rings (SSSR count). The van der Waals surface area contributed by atoms with Crippen LogP contribution in [0.1, 0.15) is 10.4 Å². The first-order valence-electron chi connectivity index (χ1n) is 6.24. The number of nitrogens with one attached hydrogen (secondary N) is 1. The minimum atomic E-state index is -0.531. The third-order valence-electron chi connectivity index (χ3n) is 3.36. The van der Waals surface area contributed by atoms with Crippen LogP contribution in [-0.4, -0.2) is 18.4 Å². The van der Waals surface area contributed by atoms with Gasteiger partial charge >= 0.3 is 0 Å². The number of methoxy groups -OCH3 is 1. The minimum Gasteiger partial charge on any atom is -0.494 e. The number of halogens is 2. The first-order chi connectivity index (χ1) is 10.1. The van der Waals surface area contributed by atoms with Crippen molar-refractivity contribution in [2.45, 2.75) is 0 Å². The molecule has 0 aliphatic carbocycles. The molecular weight excluding hydrogens is 276 g/mol. The van der Waals surface area contributed by atoms with Gasteiger partial charge in [0.1, 0.15) is 5.82 Å². The molecule has 1 heterocycles. The van der Waals surface area contributed by atoms with Gasteiger partial charge in [-0.15, -0.1) is 0 Å². The van der Waals surface area contributed by atoms with Crippen molar-refractivity contribution in [1.82, 2.24) is 4.98 Å². The van der Waals surface area contributed by atoms with E-state index in [0.717, 1.165) is 0 Å². The molecule has 0 saturated carbocycles. The predicted molar refractivity (Wildman–Crippen MR) is 75.6 cm³/mol. The van der Waals surface area contributed by atoms with Crippen molar-refractivity contribution >= 4 is 17.2 Å². The molecule has 21 heavy (non-hydrogen) atoms. The van der Waals surface area contributed by atoms with Gasteiger partial charge in [-0.25, -0.2) is 8.78 Å². The van der Waals surface area contributed by atoms with Crippen molar-refractivity contribution in [3.63, 3.8) is 0 Å². The van der Waals surface area contributed by atoms with E-state index in [1.54, 1.807) is 12.1 Å². The van der Waals surface area contributed by atoms with E-state index < -0.39 is 11.6 Å². The second-order valence-electron chi connectivity index (χ2n) is 4.57. The fourth-order valence-electron chi connectivity index (χ4n) is 2.36. The molecule has 0 radical (unpaired) electrons. The average Bonchev–Trinajstić information content (AvgIpc) is 2.84. The van der Waals surface area contributed by atoms with Crippen molar-refractivity contribution < 1.29 is 18.3 Å². The molecule has 0 amide bonds. The number of rotatable bonds is 3. The number of hydrogen-bond donors (Lipinski definition) is 1. The van der Waals surface area contributed by atoms with Crippen LogP contribution in [0.3, 0.4) is 0 Å². The number of aldehydes is 1. The van der Waals surface area contributed by atoms with E-state index in [2.05, 4.69) is 4.98 Å². The summed E-state index contributed by atoms with van der Waals surface area (Å²) in [5.74, 6) is -0.845. The van der Waals surface area contributed by atoms with Crippen molar-refractivity contribution in [3.05, 3.63) is 53.6 Å². The van der Waals surface area contributed by atoms with Crippen molar-refractivity contribution in [1.29, 1.82) is 0 Å². The molecule has 0 aliphatic rings. The van der Waals surface area contributed by atoms with Gasteiger partial charge in [-0.05, 0) is 36.4 Å². The normalized spacial score (nSPS) is 10.8. The van der Waals surface area contributed by atoms with Gasteiger partial charge in [-0.3, -0.25) is 4.79 Å². The number of aromatic nitrogens is 1. The third-order valence-corrected chi connectivity index (χ3v) is 3.36. The van der Waals surface area contributed by atoms with E-state index in [-0.39, 0.29) is 5.75 Å². The lowest BCUT2D eigenvalue weighted by Crippen LogP contribution is -1.90. The molecule has 3 nitrogen and oxygen atoms in total. The number of carbonyl (C=O) groups excluding carboxylic acids is 1. The lowest BCUT2D eigenvalue weighted by Gasteiger charge is -2.04. The smallest absolute Gasteiger partial charge is 0.165 e. The Morgan fingerprint density at radius 2 is 1.95 bits per heavy atom. The molecular formula is C16H11F2NO2. The summed E-state index contributed by atoms with van der Waals surface area (Å²) in [6, 6.07) is 8.50. The zero-order chi connectivity index (χ0) is 15.0. The van der Waals surface area contributed by atoms with E-state index in [1.165, 1.54) is 31.4 Å². The van der Waals surface area contributed by atoms with Gasteiger partial charge in [0, 0.05) is 22.0 Å². The molecule has 0 atom stereocenters. The number of benzene rings is 2. The molecule has 106 valence electrons. The second-order valence-corrected chi connectivity index (χ2v) is 4.57. The maximum atomic E-state index is 13.8. The Hall–Kier alpha value is -2.69. The summed E-state index contributed by atoms with van der Waals surface area (Å²) in [7, 11) is 1.38. The van der Waals surface area contributed by atoms with Crippen LogP contribution in [0.15, 0.2) is 36.4 Å². The first kappa shape index (κ1) is 13.3. The molecule has 3 aromatic rings. The van der Waals surface area contributed by atoms with Gasteiger partial charge in [-0.2, -0.15) is 0 Å². The minimum absolute atomic E-state index is 0.119. The molecule has 1 aromatic heterocycles. The van der Waals surface area contributed by atoms with E-state index in [1.807, 2.05) is 0 Å². The van der Waals surface area contributed by atoms with Crippen LogP contribution in [0.2, 0.25) is 0 Å². The van der Waals surface area contributed by atoms with Gasteiger partial charge in [0.15, 0.2) is 17.9 Å². The van der Waals surface area contributed by atoms with Crippen molar-refractivity contribution in [2.75, 3.05) is 7.11 Å². The van der Waals surface area contributed by atoms with Gasteiger partial charge in [0.25, 0.3) is 0 Å². The molecule has 0 saturated heterocycles. The van der Waals surface area contributed by atoms with Crippen LogP contribution in [0.5, 0.6) is 5.75 Å². The van der Waals surface area contributed by atoms with Crippen LogP contribution in [0.4, 0.5) is 8.78 Å². The number of hydrogen-bond acceptors (Lipinski definition) is 2. The van der Waals surface area contributed by atoms with Crippen LogP contribution >= 0.6 is 0 Å². The molecule has 5 heteroatoms. The van der Waals surface area contributed by atoms with E-state index in [9.17, 15) is 13.6 Å². The highest BCUT2D eigenvalue weighted by atomic mass is 19.1. The van der Waals surface area contributed by atoms with Gasteiger partial charge in [0.2, 0.25) is 0 Å². The van der Waals surface area contributed by atoms with Crippen molar-refractivity contribution in [3.8, 4) is 17.0 Å². The predicted octanol–water partition coefficient (Wildman–Crippen LogP) is 3.93. The Kier molecular flexibility index (Phi) is 3.17. The molecule has 0 aliphatic heterocycles. The van der Waals surface area contributed by atoms with E-state index in [0.29, 0.717) is 34.0 Å². The van der Waals surface area contributed by atoms with Crippen LogP contribution in [0.25, 0.3) is 22.2 Å². The van der Waals surface area contributed by atoms with E-state index in [4.69, 9.17) is 4.74 Å². The molecule has 0 bridgehead atoms. The zero-order valence-corrected chi connectivity index (χ0v) is 11.1.